The first-order valence-electron chi connectivity index (χ1n) is 11.3. The van der Waals surface area contributed by atoms with Crippen LogP contribution in [0.4, 0.5) is 5.00 Å². The molecular formula is C24H35N5OS. The van der Waals surface area contributed by atoms with Crippen LogP contribution in [0.1, 0.15) is 31.4 Å². The van der Waals surface area contributed by atoms with Crippen LogP contribution in [0.25, 0.3) is 0 Å². The first kappa shape index (κ1) is 22.1. The fourth-order valence-corrected chi connectivity index (χ4v) is 5.37. The Bertz CT molecular complexity index is 812. The smallest absolute Gasteiger partial charge is 0.193 e. The maximum atomic E-state index is 5.70. The van der Waals surface area contributed by atoms with Gasteiger partial charge in [-0.3, -0.25) is 4.99 Å². The van der Waals surface area contributed by atoms with Crippen molar-refractivity contribution in [3.63, 3.8) is 0 Å². The lowest BCUT2D eigenvalue weighted by molar-refractivity contribution is 0.0352. The van der Waals surface area contributed by atoms with Crippen molar-refractivity contribution < 1.29 is 4.74 Å². The van der Waals surface area contributed by atoms with E-state index in [2.05, 4.69) is 80.2 Å². The Morgan fingerprint density at radius 3 is 2.48 bits per heavy atom. The molecule has 7 heteroatoms. The van der Waals surface area contributed by atoms with E-state index in [1.807, 2.05) is 18.4 Å². The summed E-state index contributed by atoms with van der Waals surface area (Å²) in [7, 11) is 1.89. The van der Waals surface area contributed by atoms with Gasteiger partial charge in [0.1, 0.15) is 0 Å². The van der Waals surface area contributed by atoms with Crippen LogP contribution in [0, 0.1) is 0 Å². The average Bonchev–Trinajstić information content (AvgIpc) is 3.36. The number of rotatable bonds is 6. The van der Waals surface area contributed by atoms with E-state index in [-0.39, 0.29) is 11.6 Å². The highest BCUT2D eigenvalue weighted by atomic mass is 32.1. The third-order valence-electron chi connectivity index (χ3n) is 6.47. The number of aliphatic imine (C=N–C) groups is 1. The number of hydrogen-bond acceptors (Lipinski definition) is 5. The summed E-state index contributed by atoms with van der Waals surface area (Å²) in [4.78, 5) is 9.47. The van der Waals surface area contributed by atoms with Gasteiger partial charge >= 0.3 is 0 Å². The molecule has 168 valence electrons. The molecule has 2 saturated heterocycles. The molecule has 31 heavy (non-hydrogen) atoms. The molecule has 2 N–H and O–H groups in total. The van der Waals surface area contributed by atoms with Gasteiger partial charge in [0.2, 0.25) is 0 Å². The fraction of sp³-hybridized carbons (Fsp3) is 0.542. The highest BCUT2D eigenvalue weighted by molar-refractivity contribution is 7.14. The molecule has 0 bridgehead atoms. The van der Waals surface area contributed by atoms with Crippen molar-refractivity contribution in [1.29, 1.82) is 0 Å². The number of guanidine groups is 1. The summed E-state index contributed by atoms with van der Waals surface area (Å²) in [5.41, 5.74) is 1.32. The van der Waals surface area contributed by atoms with Crippen molar-refractivity contribution in [3.05, 3.63) is 53.4 Å². The molecule has 0 spiro atoms. The van der Waals surface area contributed by atoms with E-state index >= 15 is 0 Å². The van der Waals surface area contributed by atoms with E-state index in [4.69, 9.17) is 4.74 Å². The number of hydrogen-bond donors (Lipinski definition) is 2. The molecule has 0 amide bonds. The molecule has 2 aromatic rings. The van der Waals surface area contributed by atoms with Crippen molar-refractivity contribution >= 4 is 22.3 Å². The number of nitrogens with zero attached hydrogens (tertiary/aromatic N) is 3. The van der Waals surface area contributed by atoms with Crippen molar-refractivity contribution in [2.45, 2.75) is 31.3 Å². The molecule has 2 aliphatic rings. The van der Waals surface area contributed by atoms with E-state index in [9.17, 15) is 0 Å². The number of nitrogens with one attached hydrogen (secondary N) is 2. The Labute approximate surface area is 190 Å². The molecule has 2 aliphatic heterocycles. The SMILES string of the molecule is CN=C(NCC1(NC(C)c2ccccc2)CCOCC1)N1CCN(c2cccs2)CC1. The van der Waals surface area contributed by atoms with Gasteiger partial charge in [-0.25, -0.2) is 0 Å². The Hall–Kier alpha value is -2.09. The molecule has 2 fully saturated rings. The molecule has 0 saturated carbocycles. The molecular weight excluding hydrogens is 406 g/mol. The largest absolute Gasteiger partial charge is 0.381 e. The molecule has 4 rings (SSSR count). The van der Waals surface area contributed by atoms with Gasteiger partial charge in [-0.1, -0.05) is 30.3 Å². The Balaban J connectivity index is 1.36. The predicted molar refractivity (Wildman–Crippen MR) is 130 cm³/mol. The maximum Gasteiger partial charge on any atom is 0.193 e. The van der Waals surface area contributed by atoms with Crippen molar-refractivity contribution in [2.24, 2.45) is 4.99 Å². The maximum absolute atomic E-state index is 5.70. The Morgan fingerprint density at radius 2 is 1.84 bits per heavy atom. The highest BCUT2D eigenvalue weighted by Crippen LogP contribution is 2.26. The number of piperazine rings is 1. The Morgan fingerprint density at radius 1 is 1.10 bits per heavy atom. The van der Waals surface area contributed by atoms with Gasteiger partial charge in [0, 0.05) is 64.6 Å². The van der Waals surface area contributed by atoms with Crippen LogP contribution in [-0.2, 0) is 4.74 Å². The summed E-state index contributed by atoms with van der Waals surface area (Å²) in [6.45, 7) is 8.75. The second-order valence-corrected chi connectivity index (χ2v) is 9.42. The second kappa shape index (κ2) is 10.5. The lowest BCUT2D eigenvalue weighted by Crippen LogP contribution is -2.60. The first-order chi connectivity index (χ1) is 15.2. The minimum absolute atomic E-state index is 0.00222. The molecule has 1 aromatic heterocycles. The van der Waals surface area contributed by atoms with Gasteiger partial charge < -0.3 is 25.2 Å². The second-order valence-electron chi connectivity index (χ2n) is 8.50. The highest BCUT2D eigenvalue weighted by Gasteiger charge is 2.34. The van der Waals surface area contributed by atoms with Gasteiger partial charge in [0.25, 0.3) is 0 Å². The van der Waals surface area contributed by atoms with Gasteiger partial charge in [-0.2, -0.15) is 0 Å². The quantitative estimate of drug-likeness (QED) is 0.532. The topological polar surface area (TPSA) is 52.1 Å². The summed E-state index contributed by atoms with van der Waals surface area (Å²) in [6.07, 6.45) is 2.00. The van der Waals surface area contributed by atoms with Crippen LogP contribution < -0.4 is 15.5 Å². The van der Waals surface area contributed by atoms with Crippen LogP contribution in [0.5, 0.6) is 0 Å². The van der Waals surface area contributed by atoms with Gasteiger partial charge in [-0.05, 0) is 42.8 Å². The molecule has 0 aliphatic carbocycles. The monoisotopic (exact) mass is 441 g/mol. The standard InChI is InChI=1S/C24H35N5OS/c1-20(21-7-4-3-5-8-21)27-24(10-16-30-17-11-24)19-26-23(25-2)29-14-12-28(13-15-29)22-9-6-18-31-22/h3-9,18,20,27H,10-17,19H2,1-2H3,(H,25,26). The molecule has 3 heterocycles. The summed E-state index contributed by atoms with van der Waals surface area (Å²) in [6, 6.07) is 15.3. The molecule has 1 unspecified atom stereocenters. The number of ether oxygens (including phenoxy) is 1. The van der Waals surface area contributed by atoms with E-state index in [1.165, 1.54) is 10.6 Å². The zero-order chi connectivity index (χ0) is 21.5. The van der Waals surface area contributed by atoms with E-state index in [0.717, 1.165) is 64.7 Å². The molecule has 0 radical (unpaired) electrons. The normalized spacial score (nSPS) is 20.5. The van der Waals surface area contributed by atoms with Crippen LogP contribution in [0.3, 0.4) is 0 Å². The van der Waals surface area contributed by atoms with Crippen LogP contribution in [0.15, 0.2) is 52.8 Å². The summed E-state index contributed by atoms with van der Waals surface area (Å²) in [5.74, 6) is 1.01. The lowest BCUT2D eigenvalue weighted by Gasteiger charge is -2.42. The number of thiophene rings is 1. The summed E-state index contributed by atoms with van der Waals surface area (Å²) >= 11 is 1.82. The minimum Gasteiger partial charge on any atom is -0.381 e. The van der Waals surface area contributed by atoms with Crippen molar-refractivity contribution in [1.82, 2.24) is 15.5 Å². The number of anilines is 1. The fourth-order valence-electron chi connectivity index (χ4n) is 4.59. The third-order valence-corrected chi connectivity index (χ3v) is 7.39. The molecule has 6 nitrogen and oxygen atoms in total. The van der Waals surface area contributed by atoms with Crippen molar-refractivity contribution in [3.8, 4) is 0 Å². The van der Waals surface area contributed by atoms with Crippen LogP contribution in [0.2, 0.25) is 0 Å². The third kappa shape index (κ3) is 5.59. The zero-order valence-corrected chi connectivity index (χ0v) is 19.5. The lowest BCUT2D eigenvalue weighted by atomic mass is 9.88. The van der Waals surface area contributed by atoms with Crippen LogP contribution >= 0.6 is 11.3 Å². The predicted octanol–water partition coefficient (Wildman–Crippen LogP) is 3.35. The van der Waals surface area contributed by atoms with Gasteiger partial charge in [0.05, 0.1) is 5.00 Å². The Kier molecular flexibility index (Phi) is 7.48. The van der Waals surface area contributed by atoms with Crippen LogP contribution in [-0.4, -0.2) is 69.4 Å². The van der Waals surface area contributed by atoms with Crippen molar-refractivity contribution in [2.75, 3.05) is 57.9 Å². The molecule has 1 aromatic carbocycles. The first-order valence-corrected chi connectivity index (χ1v) is 12.2. The van der Waals surface area contributed by atoms with E-state index in [1.54, 1.807) is 0 Å². The minimum atomic E-state index is 0.00222. The van der Waals surface area contributed by atoms with E-state index in [0.29, 0.717) is 0 Å². The van der Waals surface area contributed by atoms with Gasteiger partial charge in [-0.15, -0.1) is 11.3 Å². The zero-order valence-electron chi connectivity index (χ0n) is 18.7. The summed E-state index contributed by atoms with van der Waals surface area (Å²) < 4.78 is 5.70. The summed E-state index contributed by atoms with van der Waals surface area (Å²) in [5, 5.41) is 11.1. The number of benzene rings is 1. The molecule has 1 atom stereocenters. The average molecular weight is 442 g/mol. The van der Waals surface area contributed by atoms with E-state index < -0.39 is 0 Å². The van der Waals surface area contributed by atoms with Gasteiger partial charge in [0.15, 0.2) is 5.96 Å².